The minimum absolute atomic E-state index is 0.00986. The van der Waals surface area contributed by atoms with Crippen LogP contribution < -0.4 is 5.32 Å². The zero-order valence-corrected chi connectivity index (χ0v) is 18.7. The van der Waals surface area contributed by atoms with Gasteiger partial charge in [0.2, 0.25) is 5.91 Å². The lowest BCUT2D eigenvalue weighted by Gasteiger charge is -2.31. The molecule has 1 N–H and O–H groups in total. The van der Waals surface area contributed by atoms with Crippen molar-refractivity contribution < 1.29 is 9.53 Å². The van der Waals surface area contributed by atoms with Crippen LogP contribution in [0, 0.1) is 0 Å². The Kier molecular flexibility index (Phi) is 6.51. The highest BCUT2D eigenvalue weighted by atomic mass is 16.5. The summed E-state index contributed by atoms with van der Waals surface area (Å²) in [5.41, 5.74) is 4.35. The third kappa shape index (κ3) is 5.00. The molecule has 2 heterocycles. The number of ether oxygens (including phenoxy) is 1. The summed E-state index contributed by atoms with van der Waals surface area (Å²) in [5, 5.41) is 4.46. The molecule has 4 aromatic rings. The van der Waals surface area contributed by atoms with Crippen LogP contribution in [0.4, 0.5) is 0 Å². The Labute approximate surface area is 194 Å². The van der Waals surface area contributed by atoms with E-state index >= 15 is 0 Å². The molecule has 168 valence electrons. The fraction of sp³-hybridized carbons (Fsp3) is 0.250. The zero-order chi connectivity index (χ0) is 22.5. The van der Waals surface area contributed by atoms with Crippen molar-refractivity contribution >= 4 is 16.8 Å². The summed E-state index contributed by atoms with van der Waals surface area (Å²) in [4.78, 5) is 15.8. The molecule has 0 spiro atoms. The quantitative estimate of drug-likeness (QED) is 0.461. The van der Waals surface area contributed by atoms with Crippen LogP contribution in [0.25, 0.3) is 22.2 Å². The largest absolute Gasteiger partial charge is 0.379 e. The number of carbonyl (C=O) groups excluding carboxylic acids is 1. The number of amides is 1. The fourth-order valence-corrected chi connectivity index (χ4v) is 4.57. The van der Waals surface area contributed by atoms with Crippen molar-refractivity contribution in [3.8, 4) is 11.3 Å². The van der Waals surface area contributed by atoms with Crippen molar-refractivity contribution in [1.82, 2.24) is 14.8 Å². The molecule has 0 saturated carbocycles. The number of hydrogen-bond acceptors (Lipinski definition) is 3. The lowest BCUT2D eigenvalue weighted by molar-refractivity contribution is -0.122. The Morgan fingerprint density at radius 1 is 0.879 bits per heavy atom. The summed E-state index contributed by atoms with van der Waals surface area (Å²) in [5.74, 6) is 0.00986. The van der Waals surface area contributed by atoms with Gasteiger partial charge in [-0.1, -0.05) is 78.9 Å². The summed E-state index contributed by atoms with van der Waals surface area (Å²) < 4.78 is 7.62. The van der Waals surface area contributed by atoms with Gasteiger partial charge in [0.05, 0.1) is 19.3 Å². The minimum atomic E-state index is -0.0706. The van der Waals surface area contributed by atoms with Gasteiger partial charge in [0.1, 0.15) is 6.54 Å². The molecule has 1 unspecified atom stereocenters. The van der Waals surface area contributed by atoms with Crippen LogP contribution in [0.5, 0.6) is 0 Å². The molecular formula is C28H29N3O2. The Morgan fingerprint density at radius 3 is 2.30 bits per heavy atom. The van der Waals surface area contributed by atoms with E-state index in [1.54, 1.807) is 0 Å². The maximum absolute atomic E-state index is 13.4. The molecule has 0 radical (unpaired) electrons. The average Bonchev–Trinajstić information content (AvgIpc) is 3.23. The van der Waals surface area contributed by atoms with Gasteiger partial charge in [-0.2, -0.15) is 0 Å². The van der Waals surface area contributed by atoms with E-state index in [2.05, 4.69) is 57.2 Å². The lowest BCUT2D eigenvalue weighted by atomic mass is 10.1. The number of nitrogens with zero attached hydrogens (tertiary/aromatic N) is 2. The number of rotatable bonds is 7. The van der Waals surface area contributed by atoms with Crippen LogP contribution in [0.3, 0.4) is 0 Å². The van der Waals surface area contributed by atoms with E-state index in [1.807, 2.05) is 48.5 Å². The molecule has 5 rings (SSSR count). The Morgan fingerprint density at radius 2 is 1.55 bits per heavy atom. The van der Waals surface area contributed by atoms with Crippen LogP contribution in [0.15, 0.2) is 91.0 Å². The number of para-hydroxylation sites is 1. The van der Waals surface area contributed by atoms with E-state index in [-0.39, 0.29) is 18.5 Å². The van der Waals surface area contributed by atoms with Gasteiger partial charge in [-0.05, 0) is 23.3 Å². The number of morpholine rings is 1. The fourth-order valence-electron chi connectivity index (χ4n) is 4.57. The van der Waals surface area contributed by atoms with Crippen LogP contribution in [-0.2, 0) is 16.1 Å². The highest BCUT2D eigenvalue weighted by molar-refractivity contribution is 5.89. The predicted octanol–water partition coefficient (Wildman–Crippen LogP) is 4.50. The van der Waals surface area contributed by atoms with Crippen molar-refractivity contribution in [2.45, 2.75) is 12.6 Å². The van der Waals surface area contributed by atoms with Crippen LogP contribution in [-0.4, -0.2) is 48.2 Å². The molecule has 5 heteroatoms. The third-order valence-corrected chi connectivity index (χ3v) is 6.26. The smallest absolute Gasteiger partial charge is 0.240 e. The molecule has 1 aliphatic rings. The third-order valence-electron chi connectivity index (χ3n) is 6.26. The molecule has 1 aromatic heterocycles. The monoisotopic (exact) mass is 439 g/mol. The standard InChI is InChI=1S/C28H29N3O2/c32-28(29-25(22-9-3-1-4-10-22)20-30-15-17-33-18-16-30)21-31-26-14-8-7-13-24(26)19-27(31)23-11-5-2-6-12-23/h1-14,19,25H,15-18,20-21H2,(H,29,32). The molecule has 1 amide bonds. The first-order valence-corrected chi connectivity index (χ1v) is 11.6. The molecule has 1 aliphatic heterocycles. The van der Waals surface area contributed by atoms with Gasteiger partial charge >= 0.3 is 0 Å². The molecule has 5 nitrogen and oxygen atoms in total. The number of nitrogens with one attached hydrogen (secondary N) is 1. The molecule has 1 fully saturated rings. The van der Waals surface area contributed by atoms with Gasteiger partial charge in [-0.15, -0.1) is 0 Å². The SMILES string of the molecule is O=C(Cn1c(-c2ccccc2)cc2ccccc21)NC(CN1CCOCC1)c1ccccc1. The number of benzene rings is 3. The number of fused-ring (bicyclic) bond motifs is 1. The normalized spacial score (nSPS) is 15.4. The van der Waals surface area contributed by atoms with E-state index in [1.165, 1.54) is 0 Å². The molecular weight excluding hydrogens is 410 g/mol. The van der Waals surface area contributed by atoms with Crippen LogP contribution in [0.1, 0.15) is 11.6 Å². The number of aromatic nitrogens is 1. The molecule has 0 aliphatic carbocycles. The van der Waals surface area contributed by atoms with Gasteiger partial charge in [0.15, 0.2) is 0 Å². The van der Waals surface area contributed by atoms with Crippen LogP contribution >= 0.6 is 0 Å². The maximum Gasteiger partial charge on any atom is 0.240 e. The second-order valence-corrected chi connectivity index (χ2v) is 8.48. The van der Waals surface area contributed by atoms with Crippen molar-refractivity contribution in [2.24, 2.45) is 0 Å². The van der Waals surface area contributed by atoms with E-state index in [0.717, 1.165) is 60.6 Å². The zero-order valence-electron chi connectivity index (χ0n) is 18.7. The Hall–Kier alpha value is -3.41. The minimum Gasteiger partial charge on any atom is -0.379 e. The van der Waals surface area contributed by atoms with Gasteiger partial charge < -0.3 is 14.6 Å². The molecule has 1 atom stereocenters. The highest BCUT2D eigenvalue weighted by Gasteiger charge is 2.21. The molecule has 0 bridgehead atoms. The average molecular weight is 440 g/mol. The maximum atomic E-state index is 13.4. The summed E-state index contributed by atoms with van der Waals surface area (Å²) in [7, 11) is 0. The van der Waals surface area contributed by atoms with E-state index in [0.29, 0.717) is 0 Å². The summed E-state index contributed by atoms with van der Waals surface area (Å²) in [6.45, 7) is 4.30. The summed E-state index contributed by atoms with van der Waals surface area (Å²) in [6.07, 6.45) is 0. The molecule has 3 aromatic carbocycles. The van der Waals surface area contributed by atoms with Crippen molar-refractivity contribution in [3.63, 3.8) is 0 Å². The lowest BCUT2D eigenvalue weighted by Crippen LogP contribution is -2.43. The van der Waals surface area contributed by atoms with Gasteiger partial charge in [0, 0.05) is 36.2 Å². The first-order chi connectivity index (χ1) is 16.3. The van der Waals surface area contributed by atoms with Gasteiger partial charge in [-0.3, -0.25) is 9.69 Å². The molecule has 33 heavy (non-hydrogen) atoms. The highest BCUT2D eigenvalue weighted by Crippen LogP contribution is 2.28. The van der Waals surface area contributed by atoms with Gasteiger partial charge in [-0.25, -0.2) is 0 Å². The van der Waals surface area contributed by atoms with E-state index in [9.17, 15) is 4.79 Å². The second kappa shape index (κ2) is 10.0. The summed E-state index contributed by atoms with van der Waals surface area (Å²) >= 11 is 0. The predicted molar refractivity (Wildman–Crippen MR) is 132 cm³/mol. The topological polar surface area (TPSA) is 46.5 Å². The number of hydrogen-bond donors (Lipinski definition) is 1. The first-order valence-electron chi connectivity index (χ1n) is 11.6. The Balaban J connectivity index is 1.41. The number of carbonyl (C=O) groups is 1. The van der Waals surface area contributed by atoms with Crippen LogP contribution in [0.2, 0.25) is 0 Å². The first kappa shape index (κ1) is 21.4. The molecule has 1 saturated heterocycles. The summed E-state index contributed by atoms with van der Waals surface area (Å²) in [6, 6.07) is 30.8. The van der Waals surface area contributed by atoms with Crippen molar-refractivity contribution in [1.29, 1.82) is 0 Å². The van der Waals surface area contributed by atoms with Crippen molar-refractivity contribution in [2.75, 3.05) is 32.8 Å². The Bertz CT molecular complexity index is 1200. The second-order valence-electron chi connectivity index (χ2n) is 8.48. The van der Waals surface area contributed by atoms with E-state index in [4.69, 9.17) is 4.74 Å². The van der Waals surface area contributed by atoms with Gasteiger partial charge in [0.25, 0.3) is 0 Å². The van der Waals surface area contributed by atoms with Crippen molar-refractivity contribution in [3.05, 3.63) is 96.6 Å². The van der Waals surface area contributed by atoms with E-state index < -0.39 is 0 Å².